The van der Waals surface area contributed by atoms with Gasteiger partial charge in [-0.3, -0.25) is 4.79 Å². The van der Waals surface area contributed by atoms with E-state index in [1.807, 2.05) is 4.90 Å². The average Bonchev–Trinajstić information content (AvgIpc) is 2.31. The zero-order valence-electron chi connectivity index (χ0n) is 9.82. The summed E-state index contributed by atoms with van der Waals surface area (Å²) < 4.78 is 0. The first kappa shape index (κ1) is 11.6. The second-order valence-corrected chi connectivity index (χ2v) is 4.90. The van der Waals surface area contributed by atoms with Gasteiger partial charge >= 0.3 is 0 Å². The highest BCUT2D eigenvalue weighted by Gasteiger charge is 2.21. The number of nitrogens with zero attached hydrogens (tertiary/aromatic N) is 1. The van der Waals surface area contributed by atoms with Gasteiger partial charge in [0.15, 0.2) is 0 Å². The lowest BCUT2D eigenvalue weighted by Crippen LogP contribution is -2.40. The van der Waals surface area contributed by atoms with Crippen molar-refractivity contribution in [2.24, 2.45) is 0 Å². The second-order valence-electron chi connectivity index (χ2n) is 4.90. The zero-order chi connectivity index (χ0) is 11.4. The van der Waals surface area contributed by atoms with Gasteiger partial charge in [-0.2, -0.15) is 0 Å². The van der Waals surface area contributed by atoms with Crippen molar-refractivity contribution in [3.63, 3.8) is 0 Å². The van der Waals surface area contributed by atoms with Gasteiger partial charge in [-0.25, -0.2) is 0 Å². The summed E-state index contributed by atoms with van der Waals surface area (Å²) >= 11 is 0. The van der Waals surface area contributed by atoms with Gasteiger partial charge in [-0.15, -0.1) is 0 Å². The Morgan fingerprint density at radius 3 is 2.75 bits per heavy atom. The highest BCUT2D eigenvalue weighted by molar-refractivity contribution is 5.78. The molecule has 1 saturated heterocycles. The van der Waals surface area contributed by atoms with Crippen LogP contribution in [0.5, 0.6) is 0 Å². The number of aliphatic hydroxyl groups is 1. The SMILES string of the molecule is O=C(CC1=CCCCC1)N1CCC(O)CC1. The molecule has 2 rings (SSSR count). The van der Waals surface area contributed by atoms with Crippen LogP contribution in [0.4, 0.5) is 0 Å². The van der Waals surface area contributed by atoms with Crippen LogP contribution in [0.2, 0.25) is 0 Å². The topological polar surface area (TPSA) is 40.5 Å². The van der Waals surface area contributed by atoms with Gasteiger partial charge in [0.25, 0.3) is 0 Å². The molecule has 0 aromatic rings. The largest absolute Gasteiger partial charge is 0.393 e. The number of allylic oxidation sites excluding steroid dienone is 1. The Balaban J connectivity index is 1.81. The summed E-state index contributed by atoms with van der Waals surface area (Å²) in [6.07, 6.45) is 8.87. The molecule has 1 heterocycles. The minimum atomic E-state index is -0.196. The molecule has 3 nitrogen and oxygen atoms in total. The van der Waals surface area contributed by atoms with E-state index >= 15 is 0 Å². The third kappa shape index (κ3) is 3.08. The standard InChI is InChI=1S/C13H21NO2/c15-12-6-8-14(9-7-12)13(16)10-11-4-2-1-3-5-11/h4,12,15H,1-3,5-10H2. The molecule has 0 spiro atoms. The maximum atomic E-state index is 12.0. The Morgan fingerprint density at radius 1 is 1.38 bits per heavy atom. The molecule has 0 bridgehead atoms. The van der Waals surface area contributed by atoms with Gasteiger partial charge in [0, 0.05) is 19.5 Å². The molecule has 0 radical (unpaired) electrons. The van der Waals surface area contributed by atoms with Crippen molar-refractivity contribution in [3.8, 4) is 0 Å². The molecule has 0 unspecified atom stereocenters. The van der Waals surface area contributed by atoms with Crippen LogP contribution < -0.4 is 0 Å². The first-order valence-corrected chi connectivity index (χ1v) is 6.39. The highest BCUT2D eigenvalue weighted by atomic mass is 16.3. The van der Waals surface area contributed by atoms with E-state index in [2.05, 4.69) is 6.08 Å². The van der Waals surface area contributed by atoms with E-state index in [1.165, 1.54) is 18.4 Å². The summed E-state index contributed by atoms with van der Waals surface area (Å²) in [5, 5.41) is 9.38. The van der Waals surface area contributed by atoms with E-state index in [1.54, 1.807) is 0 Å². The van der Waals surface area contributed by atoms with Crippen molar-refractivity contribution in [1.82, 2.24) is 4.90 Å². The third-order valence-electron chi connectivity index (χ3n) is 3.58. The zero-order valence-corrected chi connectivity index (χ0v) is 9.82. The smallest absolute Gasteiger partial charge is 0.226 e. The van der Waals surface area contributed by atoms with Gasteiger partial charge in [0.1, 0.15) is 0 Å². The molecule has 90 valence electrons. The molecule has 0 saturated carbocycles. The quantitative estimate of drug-likeness (QED) is 0.726. The molecule has 1 amide bonds. The van der Waals surface area contributed by atoms with Gasteiger partial charge < -0.3 is 10.0 Å². The minimum absolute atomic E-state index is 0.196. The molecule has 1 N–H and O–H groups in total. The van der Waals surface area contributed by atoms with Crippen LogP contribution in [0.3, 0.4) is 0 Å². The Labute approximate surface area is 97.1 Å². The average molecular weight is 223 g/mol. The first-order valence-electron chi connectivity index (χ1n) is 6.39. The maximum absolute atomic E-state index is 12.0. The fourth-order valence-electron chi connectivity index (χ4n) is 2.49. The molecule has 1 aliphatic heterocycles. The number of hydrogen-bond donors (Lipinski definition) is 1. The number of amides is 1. The minimum Gasteiger partial charge on any atom is -0.393 e. The van der Waals surface area contributed by atoms with E-state index in [-0.39, 0.29) is 12.0 Å². The summed E-state index contributed by atoms with van der Waals surface area (Å²) in [5.74, 6) is 0.250. The molecule has 3 heteroatoms. The Morgan fingerprint density at radius 2 is 2.12 bits per heavy atom. The molecular formula is C13H21NO2. The van der Waals surface area contributed by atoms with Gasteiger partial charge in [-0.1, -0.05) is 11.6 Å². The number of carbonyl (C=O) groups excluding carboxylic acids is 1. The third-order valence-corrected chi connectivity index (χ3v) is 3.58. The number of rotatable bonds is 2. The fourth-order valence-corrected chi connectivity index (χ4v) is 2.49. The maximum Gasteiger partial charge on any atom is 0.226 e. The van der Waals surface area contributed by atoms with Crippen molar-refractivity contribution in [1.29, 1.82) is 0 Å². The number of hydrogen-bond acceptors (Lipinski definition) is 2. The van der Waals surface area contributed by atoms with Crippen LogP contribution in [-0.2, 0) is 4.79 Å². The Hall–Kier alpha value is -0.830. The van der Waals surface area contributed by atoms with Gasteiger partial charge in [-0.05, 0) is 38.5 Å². The van der Waals surface area contributed by atoms with E-state index in [9.17, 15) is 9.90 Å². The van der Waals surface area contributed by atoms with Crippen LogP contribution in [-0.4, -0.2) is 35.1 Å². The molecule has 1 aliphatic carbocycles. The van der Waals surface area contributed by atoms with Crippen molar-refractivity contribution in [3.05, 3.63) is 11.6 Å². The lowest BCUT2D eigenvalue weighted by atomic mass is 9.96. The number of likely N-dealkylation sites (tertiary alicyclic amines) is 1. The van der Waals surface area contributed by atoms with Crippen LogP contribution in [0.25, 0.3) is 0 Å². The predicted octanol–water partition coefficient (Wildman–Crippen LogP) is 1.86. The first-order chi connectivity index (χ1) is 7.75. The number of aliphatic hydroxyl groups excluding tert-OH is 1. The van der Waals surface area contributed by atoms with Gasteiger partial charge in [0.2, 0.25) is 5.91 Å². The molecule has 16 heavy (non-hydrogen) atoms. The lowest BCUT2D eigenvalue weighted by Gasteiger charge is -2.30. The summed E-state index contributed by atoms with van der Waals surface area (Å²) in [7, 11) is 0. The van der Waals surface area contributed by atoms with Gasteiger partial charge in [0.05, 0.1) is 6.10 Å². The summed E-state index contributed by atoms with van der Waals surface area (Å²) in [6.45, 7) is 1.46. The van der Waals surface area contributed by atoms with Crippen molar-refractivity contribution >= 4 is 5.91 Å². The van der Waals surface area contributed by atoms with Crippen LogP contribution in [0.15, 0.2) is 11.6 Å². The number of piperidine rings is 1. The number of carbonyl (C=O) groups is 1. The Bertz CT molecular complexity index is 278. The summed E-state index contributed by atoms with van der Waals surface area (Å²) in [4.78, 5) is 13.9. The van der Waals surface area contributed by atoms with E-state index < -0.39 is 0 Å². The van der Waals surface area contributed by atoms with Crippen LogP contribution in [0, 0.1) is 0 Å². The summed E-state index contributed by atoms with van der Waals surface area (Å²) in [6, 6.07) is 0. The monoisotopic (exact) mass is 223 g/mol. The lowest BCUT2D eigenvalue weighted by molar-refractivity contribution is -0.132. The van der Waals surface area contributed by atoms with Crippen molar-refractivity contribution in [2.45, 2.75) is 51.0 Å². The van der Waals surface area contributed by atoms with Crippen LogP contribution >= 0.6 is 0 Å². The van der Waals surface area contributed by atoms with E-state index in [0.29, 0.717) is 6.42 Å². The normalized spacial score (nSPS) is 23.1. The van der Waals surface area contributed by atoms with Crippen LogP contribution in [0.1, 0.15) is 44.9 Å². The molecule has 0 atom stereocenters. The van der Waals surface area contributed by atoms with E-state index in [0.717, 1.165) is 38.8 Å². The van der Waals surface area contributed by atoms with Crippen molar-refractivity contribution < 1.29 is 9.90 Å². The van der Waals surface area contributed by atoms with Crippen molar-refractivity contribution in [2.75, 3.05) is 13.1 Å². The highest BCUT2D eigenvalue weighted by Crippen LogP contribution is 2.21. The second kappa shape index (κ2) is 5.48. The molecular weight excluding hydrogens is 202 g/mol. The summed E-state index contributed by atoms with van der Waals surface area (Å²) in [5.41, 5.74) is 1.32. The molecule has 0 aromatic carbocycles. The molecule has 2 aliphatic rings. The molecule has 0 aromatic heterocycles. The Kier molecular flexibility index (Phi) is 3.99. The fraction of sp³-hybridized carbons (Fsp3) is 0.769. The molecule has 1 fully saturated rings. The van der Waals surface area contributed by atoms with E-state index in [4.69, 9.17) is 0 Å². The predicted molar refractivity (Wildman–Crippen MR) is 63.0 cm³/mol.